The summed E-state index contributed by atoms with van der Waals surface area (Å²) in [6, 6.07) is 7.09. The highest BCUT2D eigenvalue weighted by molar-refractivity contribution is 5.24. The maximum atomic E-state index is 8.81. The summed E-state index contributed by atoms with van der Waals surface area (Å²) in [5, 5.41) is 17.6. The summed E-state index contributed by atoms with van der Waals surface area (Å²) in [6.07, 6.45) is 0. The molecule has 1 N–H and O–H groups in total. The Bertz CT molecular complexity index is 218. The van der Waals surface area contributed by atoms with Crippen molar-refractivity contribution in [2.75, 3.05) is 7.05 Å². The molecule has 0 spiro atoms. The average Bonchev–Trinajstić information content (AvgIpc) is 1.94. The van der Waals surface area contributed by atoms with Gasteiger partial charge in [-0.3, -0.25) is 10.1 Å². The SMILES string of the molecule is C[N+](=O)[O-].Cc1ccc(O)cc1. The van der Waals surface area contributed by atoms with Crippen molar-refractivity contribution in [1.29, 1.82) is 0 Å². The smallest absolute Gasteiger partial charge is 0.194 e. The Morgan fingerprint density at radius 3 is 1.92 bits per heavy atom. The summed E-state index contributed by atoms with van der Waals surface area (Å²) >= 11 is 0. The molecule has 0 aliphatic rings. The van der Waals surface area contributed by atoms with E-state index in [0.29, 0.717) is 5.75 Å². The molecular formula is C8H11NO3. The lowest BCUT2D eigenvalue weighted by Crippen LogP contribution is -1.79. The Kier molecular flexibility index (Phi) is 4.45. The van der Waals surface area contributed by atoms with Crippen LogP contribution < -0.4 is 0 Å². The van der Waals surface area contributed by atoms with Crippen molar-refractivity contribution in [3.8, 4) is 5.75 Å². The van der Waals surface area contributed by atoms with Crippen LogP contribution in [-0.2, 0) is 0 Å². The van der Waals surface area contributed by atoms with Crippen LogP contribution in [0.1, 0.15) is 5.56 Å². The van der Waals surface area contributed by atoms with Gasteiger partial charge in [-0.25, -0.2) is 0 Å². The van der Waals surface area contributed by atoms with Crippen molar-refractivity contribution >= 4 is 0 Å². The average molecular weight is 169 g/mol. The quantitative estimate of drug-likeness (QED) is 0.473. The molecule has 0 saturated heterocycles. The Morgan fingerprint density at radius 1 is 1.33 bits per heavy atom. The van der Waals surface area contributed by atoms with E-state index in [9.17, 15) is 0 Å². The molecule has 1 aromatic rings. The molecule has 0 atom stereocenters. The molecule has 4 heteroatoms. The lowest BCUT2D eigenvalue weighted by Gasteiger charge is -1.89. The van der Waals surface area contributed by atoms with Crippen LogP contribution in [0.15, 0.2) is 24.3 Å². The Balaban J connectivity index is 0.000000261. The zero-order valence-electron chi connectivity index (χ0n) is 7.02. The first-order valence-electron chi connectivity index (χ1n) is 3.36. The van der Waals surface area contributed by atoms with Gasteiger partial charge in [0.15, 0.2) is 7.05 Å². The van der Waals surface area contributed by atoms with E-state index in [4.69, 9.17) is 15.2 Å². The Labute approximate surface area is 70.6 Å². The van der Waals surface area contributed by atoms with Crippen LogP contribution in [0.25, 0.3) is 0 Å². The third-order valence-corrected chi connectivity index (χ3v) is 1.03. The summed E-state index contributed by atoms with van der Waals surface area (Å²) < 4.78 is 0. The highest BCUT2D eigenvalue weighted by Crippen LogP contribution is 2.07. The van der Waals surface area contributed by atoms with Crippen molar-refractivity contribution in [3.05, 3.63) is 39.9 Å². The van der Waals surface area contributed by atoms with Crippen molar-refractivity contribution in [1.82, 2.24) is 0 Å². The number of aryl methyl sites for hydroxylation is 1. The van der Waals surface area contributed by atoms with Gasteiger partial charge in [-0.2, -0.15) is 0 Å². The summed E-state index contributed by atoms with van der Waals surface area (Å²) in [6.45, 7) is 1.99. The van der Waals surface area contributed by atoms with E-state index in [1.54, 1.807) is 12.1 Å². The molecule has 0 heterocycles. The van der Waals surface area contributed by atoms with Crippen molar-refractivity contribution in [2.45, 2.75) is 6.92 Å². The van der Waals surface area contributed by atoms with E-state index in [2.05, 4.69) is 0 Å². The van der Waals surface area contributed by atoms with Crippen LogP contribution in [0, 0.1) is 17.0 Å². The van der Waals surface area contributed by atoms with Crippen molar-refractivity contribution < 1.29 is 10.0 Å². The van der Waals surface area contributed by atoms with Gasteiger partial charge in [0.1, 0.15) is 5.75 Å². The number of nitro groups is 1. The minimum absolute atomic E-state index is 0.329. The van der Waals surface area contributed by atoms with Crippen molar-refractivity contribution in [2.24, 2.45) is 0 Å². The Morgan fingerprint density at radius 2 is 1.67 bits per heavy atom. The molecule has 12 heavy (non-hydrogen) atoms. The van der Waals surface area contributed by atoms with Crippen LogP contribution in [0.2, 0.25) is 0 Å². The first-order chi connectivity index (χ1) is 5.52. The minimum atomic E-state index is -0.500. The molecule has 4 nitrogen and oxygen atoms in total. The van der Waals surface area contributed by atoms with Gasteiger partial charge in [-0.1, -0.05) is 17.7 Å². The minimum Gasteiger partial charge on any atom is -0.508 e. The van der Waals surface area contributed by atoms with E-state index in [1.807, 2.05) is 19.1 Å². The second-order valence-corrected chi connectivity index (χ2v) is 2.28. The zero-order chi connectivity index (χ0) is 9.56. The maximum absolute atomic E-state index is 8.81. The normalized spacial score (nSPS) is 8.17. The third kappa shape index (κ3) is 6.54. The van der Waals surface area contributed by atoms with Gasteiger partial charge in [0, 0.05) is 4.92 Å². The highest BCUT2D eigenvalue weighted by atomic mass is 16.6. The molecule has 0 radical (unpaired) electrons. The monoisotopic (exact) mass is 169 g/mol. The third-order valence-electron chi connectivity index (χ3n) is 1.03. The number of phenols is 1. The van der Waals surface area contributed by atoms with E-state index >= 15 is 0 Å². The number of hydrogen-bond acceptors (Lipinski definition) is 3. The lowest BCUT2D eigenvalue weighted by atomic mass is 10.2. The first-order valence-corrected chi connectivity index (χ1v) is 3.36. The largest absolute Gasteiger partial charge is 0.508 e. The summed E-state index contributed by atoms with van der Waals surface area (Å²) in [7, 11) is 0.889. The number of aromatic hydroxyl groups is 1. The van der Waals surface area contributed by atoms with Gasteiger partial charge in [-0.15, -0.1) is 0 Å². The lowest BCUT2D eigenvalue weighted by molar-refractivity contribution is -0.445. The first kappa shape index (κ1) is 10.4. The molecule has 66 valence electrons. The zero-order valence-corrected chi connectivity index (χ0v) is 7.02. The predicted molar refractivity (Wildman–Crippen MR) is 45.8 cm³/mol. The molecule has 0 unspecified atom stereocenters. The van der Waals surface area contributed by atoms with E-state index < -0.39 is 4.92 Å². The van der Waals surface area contributed by atoms with E-state index in [1.165, 1.54) is 5.56 Å². The van der Waals surface area contributed by atoms with Gasteiger partial charge in [0.2, 0.25) is 0 Å². The summed E-state index contributed by atoms with van der Waals surface area (Å²) in [5.74, 6) is 0.329. The van der Waals surface area contributed by atoms with Crippen molar-refractivity contribution in [3.63, 3.8) is 0 Å². The van der Waals surface area contributed by atoms with E-state index in [0.717, 1.165) is 7.05 Å². The molecule has 0 fully saturated rings. The molecule has 1 aromatic carbocycles. The fraction of sp³-hybridized carbons (Fsp3) is 0.250. The van der Waals surface area contributed by atoms with Crippen LogP contribution in [0.5, 0.6) is 5.75 Å². The fourth-order valence-electron chi connectivity index (χ4n) is 0.545. The molecule has 0 bridgehead atoms. The molecule has 0 aliphatic heterocycles. The standard InChI is InChI=1S/C7H8O.CH3NO2/c1-6-2-4-7(8)5-3-6;1-2(3)4/h2-5,8H,1H3;1H3. The molecule has 1 rings (SSSR count). The molecule has 0 aromatic heterocycles. The maximum Gasteiger partial charge on any atom is 0.194 e. The summed E-state index contributed by atoms with van der Waals surface area (Å²) in [5.41, 5.74) is 1.17. The number of benzene rings is 1. The van der Waals surface area contributed by atoms with Gasteiger partial charge >= 0.3 is 0 Å². The number of nitrogens with zero attached hydrogens (tertiary/aromatic N) is 1. The molecule has 0 saturated carbocycles. The molecule has 0 amide bonds. The number of rotatable bonds is 0. The van der Waals surface area contributed by atoms with Crippen LogP contribution in [-0.4, -0.2) is 17.1 Å². The Hall–Kier alpha value is -1.58. The highest BCUT2D eigenvalue weighted by Gasteiger charge is 1.82. The molecular weight excluding hydrogens is 158 g/mol. The van der Waals surface area contributed by atoms with Crippen LogP contribution in [0.4, 0.5) is 0 Å². The van der Waals surface area contributed by atoms with Crippen LogP contribution >= 0.6 is 0 Å². The topological polar surface area (TPSA) is 63.4 Å². The van der Waals surface area contributed by atoms with Gasteiger partial charge < -0.3 is 5.11 Å². The van der Waals surface area contributed by atoms with Gasteiger partial charge in [-0.05, 0) is 19.1 Å². The van der Waals surface area contributed by atoms with Gasteiger partial charge in [0.25, 0.3) is 0 Å². The predicted octanol–water partition coefficient (Wildman–Crippen LogP) is 1.59. The summed E-state index contributed by atoms with van der Waals surface area (Å²) in [4.78, 5) is 8.31. The fourth-order valence-corrected chi connectivity index (χ4v) is 0.545. The van der Waals surface area contributed by atoms with E-state index in [-0.39, 0.29) is 0 Å². The second kappa shape index (κ2) is 5.12. The van der Waals surface area contributed by atoms with Gasteiger partial charge in [0.05, 0.1) is 0 Å². The van der Waals surface area contributed by atoms with Crippen LogP contribution in [0.3, 0.4) is 0 Å². The molecule has 0 aliphatic carbocycles. The second-order valence-electron chi connectivity index (χ2n) is 2.28. The number of phenolic OH excluding ortho intramolecular Hbond substituents is 1. The number of hydrogen-bond donors (Lipinski definition) is 1.